The van der Waals surface area contributed by atoms with E-state index < -0.39 is 0 Å². The van der Waals surface area contributed by atoms with E-state index in [0.29, 0.717) is 27.5 Å². The molecule has 1 amide bonds. The van der Waals surface area contributed by atoms with Crippen LogP contribution >= 0.6 is 23.4 Å². The van der Waals surface area contributed by atoms with E-state index in [9.17, 15) is 4.79 Å². The molecule has 3 rings (SSSR count). The first-order valence-electron chi connectivity index (χ1n) is 7.56. The van der Waals surface area contributed by atoms with Crippen LogP contribution in [0.4, 0.5) is 0 Å². The van der Waals surface area contributed by atoms with Crippen molar-refractivity contribution in [2.75, 3.05) is 14.1 Å². The SMILES string of the molecule is CN(C)C(=O)c1ccc(CSc2nnc(-c3cccc(Cl)c3)o2)cc1. The normalized spacial score (nSPS) is 10.7. The van der Waals surface area contributed by atoms with Gasteiger partial charge in [-0.25, -0.2) is 0 Å². The van der Waals surface area contributed by atoms with E-state index in [1.54, 1.807) is 31.1 Å². The van der Waals surface area contributed by atoms with Crippen molar-refractivity contribution in [2.24, 2.45) is 0 Å². The number of hydrogen-bond acceptors (Lipinski definition) is 5. The maximum absolute atomic E-state index is 11.9. The monoisotopic (exact) mass is 373 g/mol. The minimum atomic E-state index is -0.0118. The van der Waals surface area contributed by atoms with Gasteiger partial charge in [-0.3, -0.25) is 4.79 Å². The first-order chi connectivity index (χ1) is 12.0. The quantitative estimate of drug-likeness (QED) is 0.621. The Hall–Kier alpha value is -2.31. The Kier molecular flexibility index (Phi) is 5.40. The summed E-state index contributed by atoms with van der Waals surface area (Å²) in [5.74, 6) is 1.10. The molecule has 0 spiro atoms. The van der Waals surface area contributed by atoms with Crippen LogP contribution in [0.1, 0.15) is 15.9 Å². The van der Waals surface area contributed by atoms with Gasteiger partial charge in [-0.05, 0) is 35.9 Å². The molecule has 2 aromatic carbocycles. The molecular weight excluding hydrogens is 358 g/mol. The van der Waals surface area contributed by atoms with Crippen molar-refractivity contribution in [3.63, 3.8) is 0 Å². The van der Waals surface area contributed by atoms with Crippen molar-refractivity contribution in [3.8, 4) is 11.5 Å². The van der Waals surface area contributed by atoms with Gasteiger partial charge in [0.05, 0.1) is 0 Å². The highest BCUT2D eigenvalue weighted by atomic mass is 35.5. The standard InChI is InChI=1S/C18H16ClN3O2S/c1-22(2)17(23)13-8-6-12(7-9-13)11-25-18-21-20-16(24-18)14-4-3-5-15(19)10-14/h3-10H,11H2,1-2H3. The topological polar surface area (TPSA) is 59.2 Å². The second-order valence-corrected chi connectivity index (χ2v) is 6.93. The van der Waals surface area contributed by atoms with Gasteiger partial charge >= 0.3 is 0 Å². The molecule has 0 fully saturated rings. The summed E-state index contributed by atoms with van der Waals surface area (Å²) >= 11 is 7.42. The number of benzene rings is 2. The molecule has 0 unspecified atom stereocenters. The average molecular weight is 374 g/mol. The molecule has 5 nitrogen and oxygen atoms in total. The van der Waals surface area contributed by atoms with Gasteiger partial charge in [-0.2, -0.15) is 0 Å². The minimum absolute atomic E-state index is 0.0118. The Morgan fingerprint density at radius 2 is 1.92 bits per heavy atom. The fourth-order valence-electron chi connectivity index (χ4n) is 2.15. The van der Waals surface area contributed by atoms with E-state index in [0.717, 1.165) is 11.1 Å². The minimum Gasteiger partial charge on any atom is -0.411 e. The lowest BCUT2D eigenvalue weighted by atomic mass is 10.1. The van der Waals surface area contributed by atoms with Crippen molar-refractivity contribution in [2.45, 2.75) is 11.0 Å². The van der Waals surface area contributed by atoms with Gasteiger partial charge < -0.3 is 9.32 Å². The number of thioether (sulfide) groups is 1. The van der Waals surface area contributed by atoms with Crippen LogP contribution < -0.4 is 0 Å². The van der Waals surface area contributed by atoms with Crippen molar-refractivity contribution in [3.05, 3.63) is 64.7 Å². The summed E-state index contributed by atoms with van der Waals surface area (Å²) < 4.78 is 5.66. The summed E-state index contributed by atoms with van der Waals surface area (Å²) in [6, 6.07) is 14.8. The maximum Gasteiger partial charge on any atom is 0.277 e. The van der Waals surface area contributed by atoms with Gasteiger partial charge in [-0.1, -0.05) is 41.6 Å². The van der Waals surface area contributed by atoms with E-state index in [4.69, 9.17) is 16.0 Å². The third kappa shape index (κ3) is 4.41. The molecular formula is C18H16ClN3O2S. The molecule has 0 aliphatic carbocycles. The number of carbonyl (C=O) groups is 1. The molecule has 0 radical (unpaired) electrons. The second kappa shape index (κ2) is 7.72. The number of aromatic nitrogens is 2. The zero-order chi connectivity index (χ0) is 17.8. The smallest absolute Gasteiger partial charge is 0.277 e. The number of amides is 1. The van der Waals surface area contributed by atoms with Crippen LogP contribution in [0.3, 0.4) is 0 Å². The van der Waals surface area contributed by atoms with Crippen LogP contribution in [0.2, 0.25) is 5.02 Å². The van der Waals surface area contributed by atoms with E-state index in [1.807, 2.05) is 36.4 Å². The average Bonchev–Trinajstić information content (AvgIpc) is 3.09. The largest absolute Gasteiger partial charge is 0.411 e. The number of nitrogens with zero attached hydrogens (tertiary/aromatic N) is 3. The summed E-state index contributed by atoms with van der Waals surface area (Å²) in [4.78, 5) is 13.4. The summed E-state index contributed by atoms with van der Waals surface area (Å²) in [7, 11) is 3.47. The Morgan fingerprint density at radius 1 is 1.16 bits per heavy atom. The third-order valence-corrected chi connectivity index (χ3v) is 4.57. The number of halogens is 1. The van der Waals surface area contributed by atoms with E-state index in [2.05, 4.69) is 10.2 Å². The molecule has 1 aromatic heterocycles. The van der Waals surface area contributed by atoms with Gasteiger partial charge in [0.25, 0.3) is 11.1 Å². The fraction of sp³-hybridized carbons (Fsp3) is 0.167. The Bertz CT molecular complexity index is 878. The van der Waals surface area contributed by atoms with Crippen molar-refractivity contribution < 1.29 is 9.21 Å². The van der Waals surface area contributed by atoms with E-state index in [1.165, 1.54) is 11.8 Å². The molecule has 128 valence electrons. The molecule has 0 aliphatic rings. The van der Waals surface area contributed by atoms with Crippen molar-refractivity contribution in [1.82, 2.24) is 15.1 Å². The van der Waals surface area contributed by atoms with Gasteiger partial charge in [0, 0.05) is 36.0 Å². The van der Waals surface area contributed by atoms with Crippen LogP contribution in [0.15, 0.2) is 58.2 Å². The number of hydrogen-bond donors (Lipinski definition) is 0. The zero-order valence-electron chi connectivity index (χ0n) is 13.8. The van der Waals surface area contributed by atoms with Crippen molar-refractivity contribution >= 4 is 29.3 Å². The Balaban J connectivity index is 1.63. The molecule has 0 N–H and O–H groups in total. The highest BCUT2D eigenvalue weighted by molar-refractivity contribution is 7.98. The van der Waals surface area contributed by atoms with Crippen LogP contribution in [-0.2, 0) is 5.75 Å². The lowest BCUT2D eigenvalue weighted by Crippen LogP contribution is -2.21. The first-order valence-corrected chi connectivity index (χ1v) is 8.92. The van der Waals surface area contributed by atoms with Crippen LogP contribution in [0.25, 0.3) is 11.5 Å². The summed E-state index contributed by atoms with van der Waals surface area (Å²) in [6.45, 7) is 0. The molecule has 25 heavy (non-hydrogen) atoms. The Labute approximate surface area is 155 Å². The van der Waals surface area contributed by atoms with E-state index in [-0.39, 0.29) is 5.91 Å². The highest BCUT2D eigenvalue weighted by Crippen LogP contribution is 2.27. The molecule has 7 heteroatoms. The lowest BCUT2D eigenvalue weighted by Gasteiger charge is -2.10. The van der Waals surface area contributed by atoms with Crippen molar-refractivity contribution in [1.29, 1.82) is 0 Å². The molecule has 3 aromatic rings. The van der Waals surface area contributed by atoms with Gasteiger partial charge in [0.1, 0.15) is 0 Å². The molecule has 0 saturated heterocycles. The molecule has 0 atom stereocenters. The predicted molar refractivity (Wildman–Crippen MR) is 98.8 cm³/mol. The predicted octanol–water partition coefficient (Wildman–Crippen LogP) is 4.38. The summed E-state index contributed by atoms with van der Waals surface area (Å²) in [6.07, 6.45) is 0. The zero-order valence-corrected chi connectivity index (χ0v) is 15.3. The van der Waals surface area contributed by atoms with Crippen LogP contribution in [0, 0.1) is 0 Å². The molecule has 1 heterocycles. The summed E-state index contributed by atoms with van der Waals surface area (Å²) in [5, 5.41) is 9.21. The lowest BCUT2D eigenvalue weighted by molar-refractivity contribution is 0.0827. The van der Waals surface area contributed by atoms with E-state index >= 15 is 0 Å². The fourth-order valence-corrected chi connectivity index (χ4v) is 3.06. The molecule has 0 bridgehead atoms. The van der Waals surface area contributed by atoms with Gasteiger partial charge in [-0.15, -0.1) is 10.2 Å². The third-order valence-electron chi connectivity index (χ3n) is 3.45. The molecule has 0 aliphatic heterocycles. The Morgan fingerprint density at radius 3 is 2.60 bits per heavy atom. The maximum atomic E-state index is 11.9. The molecule has 0 saturated carbocycles. The number of carbonyl (C=O) groups excluding carboxylic acids is 1. The first kappa shape index (κ1) is 17.5. The van der Waals surface area contributed by atoms with Crippen LogP contribution in [-0.4, -0.2) is 35.1 Å². The van der Waals surface area contributed by atoms with Gasteiger partial charge in [0.2, 0.25) is 5.89 Å². The number of rotatable bonds is 5. The highest BCUT2D eigenvalue weighted by Gasteiger charge is 2.11. The van der Waals surface area contributed by atoms with Crippen LogP contribution in [0.5, 0.6) is 0 Å². The summed E-state index contributed by atoms with van der Waals surface area (Å²) in [5.41, 5.74) is 2.53. The second-order valence-electron chi connectivity index (χ2n) is 5.57. The van der Waals surface area contributed by atoms with Gasteiger partial charge in [0.15, 0.2) is 0 Å².